The van der Waals surface area contributed by atoms with Crippen LogP contribution in [0.25, 0.3) is 0 Å². The lowest BCUT2D eigenvalue weighted by Gasteiger charge is -2.38. The van der Waals surface area contributed by atoms with Gasteiger partial charge in [-0.2, -0.15) is 0 Å². The summed E-state index contributed by atoms with van der Waals surface area (Å²) in [6.07, 6.45) is 9.50. The maximum atomic E-state index is 3.80. The molecule has 0 spiro atoms. The molecule has 20 heavy (non-hydrogen) atoms. The van der Waals surface area contributed by atoms with E-state index in [9.17, 15) is 0 Å². The Labute approximate surface area is 125 Å². The topological polar surface area (TPSA) is 12.0 Å². The van der Waals surface area contributed by atoms with E-state index in [4.69, 9.17) is 0 Å². The first-order valence-electron chi connectivity index (χ1n) is 8.51. The minimum absolute atomic E-state index is 0.691. The van der Waals surface area contributed by atoms with Crippen LogP contribution in [0.2, 0.25) is 0 Å². The molecule has 1 unspecified atom stereocenters. The van der Waals surface area contributed by atoms with E-state index in [0.717, 1.165) is 12.0 Å². The lowest BCUT2D eigenvalue weighted by atomic mass is 9.75. The summed E-state index contributed by atoms with van der Waals surface area (Å²) in [6.45, 7) is 6.79. The van der Waals surface area contributed by atoms with Gasteiger partial charge in [-0.1, -0.05) is 62.4 Å². The minimum atomic E-state index is 0.691. The fraction of sp³-hybridized carbons (Fsp3) is 0.684. The Morgan fingerprint density at radius 3 is 2.45 bits per heavy atom. The number of benzene rings is 1. The Balaban J connectivity index is 1.62. The van der Waals surface area contributed by atoms with Crippen LogP contribution < -0.4 is 5.32 Å². The van der Waals surface area contributed by atoms with Crippen molar-refractivity contribution in [2.75, 3.05) is 0 Å². The van der Waals surface area contributed by atoms with Crippen LogP contribution in [0.5, 0.6) is 0 Å². The third kappa shape index (κ3) is 4.63. The molecule has 0 bridgehead atoms. The van der Waals surface area contributed by atoms with Crippen molar-refractivity contribution in [3.8, 4) is 0 Å². The summed E-state index contributed by atoms with van der Waals surface area (Å²) >= 11 is 0. The summed E-state index contributed by atoms with van der Waals surface area (Å²) in [4.78, 5) is 0. The third-order valence-electron chi connectivity index (χ3n) is 4.70. The summed E-state index contributed by atoms with van der Waals surface area (Å²) in [5, 5.41) is 3.80. The van der Waals surface area contributed by atoms with Crippen LogP contribution in [-0.4, -0.2) is 12.1 Å². The van der Waals surface area contributed by atoms with Crippen molar-refractivity contribution >= 4 is 0 Å². The molecule has 1 saturated carbocycles. The molecule has 0 radical (unpaired) electrons. The highest BCUT2D eigenvalue weighted by Crippen LogP contribution is 2.37. The number of hydrogen-bond donors (Lipinski definition) is 1. The van der Waals surface area contributed by atoms with Gasteiger partial charge < -0.3 is 5.32 Å². The van der Waals surface area contributed by atoms with Crippen LogP contribution in [0.15, 0.2) is 24.3 Å². The van der Waals surface area contributed by atoms with Crippen LogP contribution >= 0.6 is 0 Å². The zero-order chi connectivity index (χ0) is 14.4. The molecule has 112 valence electrons. The fourth-order valence-electron chi connectivity index (χ4n) is 3.23. The zero-order valence-corrected chi connectivity index (χ0v) is 13.5. The number of aryl methyl sites for hydroxylation is 1. The Bertz CT molecular complexity index is 375. The Hall–Kier alpha value is -0.820. The number of rotatable bonds is 8. The lowest BCUT2D eigenvalue weighted by Crippen LogP contribution is -2.44. The van der Waals surface area contributed by atoms with Gasteiger partial charge in [0.05, 0.1) is 0 Å². The van der Waals surface area contributed by atoms with Crippen molar-refractivity contribution in [2.45, 2.75) is 83.7 Å². The number of unbranched alkanes of at least 4 members (excludes halogenated alkanes) is 3. The van der Waals surface area contributed by atoms with Crippen molar-refractivity contribution in [3.05, 3.63) is 35.4 Å². The summed E-state index contributed by atoms with van der Waals surface area (Å²) in [5.41, 5.74) is 2.90. The molecule has 0 amide bonds. The van der Waals surface area contributed by atoms with E-state index in [1.807, 2.05) is 0 Å². The summed E-state index contributed by atoms with van der Waals surface area (Å²) in [5.74, 6) is 0.792. The maximum absolute atomic E-state index is 3.80. The van der Waals surface area contributed by atoms with E-state index >= 15 is 0 Å². The highest BCUT2D eigenvalue weighted by atomic mass is 15.0. The van der Waals surface area contributed by atoms with Crippen LogP contribution in [0.3, 0.4) is 0 Å². The van der Waals surface area contributed by atoms with Crippen molar-refractivity contribution in [3.63, 3.8) is 0 Å². The quantitative estimate of drug-likeness (QED) is 0.643. The molecule has 1 N–H and O–H groups in total. The van der Waals surface area contributed by atoms with Gasteiger partial charge in [0.2, 0.25) is 0 Å². The molecule has 1 nitrogen and oxygen atoms in total. The van der Waals surface area contributed by atoms with E-state index in [2.05, 4.69) is 50.4 Å². The highest BCUT2D eigenvalue weighted by Gasteiger charge is 2.30. The van der Waals surface area contributed by atoms with E-state index in [1.54, 1.807) is 0 Å². The average Bonchev–Trinajstić information content (AvgIpc) is 2.40. The fourth-order valence-corrected chi connectivity index (χ4v) is 3.23. The lowest BCUT2D eigenvalue weighted by molar-refractivity contribution is 0.263. The molecule has 1 aliphatic rings. The first kappa shape index (κ1) is 15.6. The zero-order valence-electron chi connectivity index (χ0n) is 13.5. The number of nitrogens with one attached hydrogen (secondary N) is 1. The summed E-state index contributed by atoms with van der Waals surface area (Å²) < 4.78 is 0. The second kappa shape index (κ2) is 7.83. The van der Waals surface area contributed by atoms with Gasteiger partial charge in [-0.25, -0.2) is 0 Å². The van der Waals surface area contributed by atoms with Gasteiger partial charge in [-0.3, -0.25) is 0 Å². The molecule has 0 aromatic heterocycles. The molecule has 2 rings (SSSR count). The molecule has 1 aromatic carbocycles. The van der Waals surface area contributed by atoms with Crippen LogP contribution in [0, 0.1) is 6.92 Å². The first-order valence-corrected chi connectivity index (χ1v) is 8.51. The van der Waals surface area contributed by atoms with Gasteiger partial charge >= 0.3 is 0 Å². The SMILES string of the molecule is CCCCCCC(C)NC1CC(c2ccc(C)cc2)C1. The molecular weight excluding hydrogens is 242 g/mol. The maximum Gasteiger partial charge on any atom is 0.00812 e. The van der Waals surface area contributed by atoms with Crippen LogP contribution in [0.4, 0.5) is 0 Å². The van der Waals surface area contributed by atoms with Crippen molar-refractivity contribution in [2.24, 2.45) is 0 Å². The smallest absolute Gasteiger partial charge is 0.00812 e. The largest absolute Gasteiger partial charge is 0.311 e. The van der Waals surface area contributed by atoms with Gasteiger partial charge in [0.25, 0.3) is 0 Å². The molecule has 0 aliphatic heterocycles. The molecular formula is C19H31N. The minimum Gasteiger partial charge on any atom is -0.311 e. The Morgan fingerprint density at radius 2 is 1.80 bits per heavy atom. The molecule has 1 fully saturated rings. The van der Waals surface area contributed by atoms with Crippen molar-refractivity contribution in [1.82, 2.24) is 5.32 Å². The van der Waals surface area contributed by atoms with E-state index in [1.165, 1.54) is 56.1 Å². The monoisotopic (exact) mass is 273 g/mol. The van der Waals surface area contributed by atoms with Gasteiger partial charge in [-0.15, -0.1) is 0 Å². The molecule has 1 atom stereocenters. The Kier molecular flexibility index (Phi) is 6.09. The molecule has 0 heterocycles. The van der Waals surface area contributed by atoms with Crippen molar-refractivity contribution in [1.29, 1.82) is 0 Å². The second-order valence-corrected chi connectivity index (χ2v) is 6.69. The highest BCUT2D eigenvalue weighted by molar-refractivity contribution is 5.26. The normalized spacial score (nSPS) is 23.4. The molecule has 1 heteroatoms. The van der Waals surface area contributed by atoms with Crippen LogP contribution in [0.1, 0.15) is 75.8 Å². The predicted molar refractivity (Wildman–Crippen MR) is 88.3 cm³/mol. The standard InChI is InChI=1S/C19H31N/c1-4-5-6-7-8-16(3)20-19-13-18(14-19)17-11-9-15(2)10-12-17/h9-12,16,18-20H,4-8,13-14H2,1-3H3. The van der Waals surface area contributed by atoms with Gasteiger partial charge in [0.15, 0.2) is 0 Å². The predicted octanol–water partition coefficient (Wildman–Crippen LogP) is 5.19. The Morgan fingerprint density at radius 1 is 1.10 bits per heavy atom. The second-order valence-electron chi connectivity index (χ2n) is 6.69. The molecule has 0 saturated heterocycles. The van der Waals surface area contributed by atoms with Gasteiger partial charge in [0.1, 0.15) is 0 Å². The molecule has 1 aliphatic carbocycles. The third-order valence-corrected chi connectivity index (χ3v) is 4.70. The summed E-state index contributed by atoms with van der Waals surface area (Å²) in [6, 6.07) is 10.5. The van der Waals surface area contributed by atoms with Gasteiger partial charge in [0, 0.05) is 12.1 Å². The first-order chi connectivity index (χ1) is 9.69. The van der Waals surface area contributed by atoms with E-state index in [0.29, 0.717) is 6.04 Å². The number of hydrogen-bond acceptors (Lipinski definition) is 1. The summed E-state index contributed by atoms with van der Waals surface area (Å²) in [7, 11) is 0. The van der Waals surface area contributed by atoms with Gasteiger partial charge in [-0.05, 0) is 44.6 Å². The van der Waals surface area contributed by atoms with E-state index < -0.39 is 0 Å². The van der Waals surface area contributed by atoms with Crippen molar-refractivity contribution < 1.29 is 0 Å². The van der Waals surface area contributed by atoms with Crippen LogP contribution in [-0.2, 0) is 0 Å². The van der Waals surface area contributed by atoms with E-state index in [-0.39, 0.29) is 0 Å². The average molecular weight is 273 g/mol. The molecule has 1 aromatic rings.